The maximum absolute atomic E-state index is 13.9. The van der Waals surface area contributed by atoms with E-state index in [1.807, 2.05) is 0 Å². The predicted octanol–water partition coefficient (Wildman–Crippen LogP) is 3.73. The van der Waals surface area contributed by atoms with Gasteiger partial charge in [0.05, 0.1) is 16.8 Å². The van der Waals surface area contributed by atoms with Gasteiger partial charge in [0.1, 0.15) is 11.4 Å². The van der Waals surface area contributed by atoms with Crippen LogP contribution in [0.2, 0.25) is 0 Å². The fourth-order valence-electron chi connectivity index (χ4n) is 2.18. The molecule has 0 amide bonds. The first kappa shape index (κ1) is 17.5. The molecule has 0 fully saturated rings. The fraction of sp³-hybridized carbons (Fsp3) is 0.222. The lowest BCUT2D eigenvalue weighted by molar-refractivity contribution is 0.00706. The number of nitrogen functional groups attached to an aromatic ring is 1. The second-order valence-corrected chi connectivity index (χ2v) is 6.27. The molecule has 5 nitrogen and oxygen atoms in total. The normalized spacial score (nSPS) is 11.2. The molecule has 0 saturated carbocycles. The number of benzene rings is 2. The highest BCUT2D eigenvalue weighted by Gasteiger charge is 2.21. The Morgan fingerprint density at radius 2 is 1.79 bits per heavy atom. The van der Waals surface area contributed by atoms with E-state index in [-0.39, 0.29) is 11.3 Å². The Labute approximate surface area is 138 Å². The van der Waals surface area contributed by atoms with Crippen molar-refractivity contribution < 1.29 is 23.8 Å². The van der Waals surface area contributed by atoms with Crippen LogP contribution in [0.1, 0.15) is 41.5 Å². The van der Waals surface area contributed by atoms with Crippen molar-refractivity contribution >= 4 is 17.6 Å². The molecular formula is C18H18FNO4. The van der Waals surface area contributed by atoms with E-state index < -0.39 is 28.9 Å². The molecule has 0 aliphatic carbocycles. The van der Waals surface area contributed by atoms with Crippen LogP contribution in [0.5, 0.6) is 0 Å². The number of nitrogens with two attached hydrogens (primary N) is 1. The van der Waals surface area contributed by atoms with Gasteiger partial charge in [-0.1, -0.05) is 18.2 Å². The molecule has 6 heteroatoms. The summed E-state index contributed by atoms with van der Waals surface area (Å²) in [5.74, 6) is -2.80. The monoisotopic (exact) mass is 331 g/mol. The summed E-state index contributed by atoms with van der Waals surface area (Å²) in [5, 5.41) is 8.88. The number of aromatic carboxylic acids is 1. The number of rotatable bonds is 3. The van der Waals surface area contributed by atoms with Gasteiger partial charge in [-0.15, -0.1) is 0 Å². The third-order valence-corrected chi connectivity index (χ3v) is 3.24. The van der Waals surface area contributed by atoms with E-state index in [1.54, 1.807) is 32.9 Å². The molecule has 2 rings (SSSR count). The number of para-hydroxylation sites is 1. The number of ether oxygens (including phenoxy) is 1. The van der Waals surface area contributed by atoms with Gasteiger partial charge in [-0.2, -0.15) is 0 Å². The lowest BCUT2D eigenvalue weighted by atomic mass is 9.99. The van der Waals surface area contributed by atoms with Crippen molar-refractivity contribution in [1.82, 2.24) is 0 Å². The number of carbonyl (C=O) groups is 2. The minimum atomic E-state index is -1.35. The zero-order valence-corrected chi connectivity index (χ0v) is 13.6. The molecule has 0 aliphatic rings. The van der Waals surface area contributed by atoms with Crippen LogP contribution in [0.4, 0.5) is 10.1 Å². The zero-order valence-electron chi connectivity index (χ0n) is 13.6. The molecule has 0 bridgehead atoms. The van der Waals surface area contributed by atoms with Gasteiger partial charge in [0, 0.05) is 5.56 Å². The largest absolute Gasteiger partial charge is 0.478 e. The number of carboxylic acids is 1. The van der Waals surface area contributed by atoms with Gasteiger partial charge >= 0.3 is 11.9 Å². The number of halogens is 1. The molecule has 0 aliphatic heterocycles. The standard InChI is InChI=1S/C18H18FNO4/c1-18(2,3)24-17(23)13-6-4-5-11(15(13)20)10-7-8-12(16(21)22)14(19)9-10/h4-9H,20H2,1-3H3,(H,21,22). The van der Waals surface area contributed by atoms with Gasteiger partial charge in [-0.25, -0.2) is 14.0 Å². The highest BCUT2D eigenvalue weighted by molar-refractivity contribution is 5.99. The molecule has 2 aromatic carbocycles. The highest BCUT2D eigenvalue weighted by Crippen LogP contribution is 2.31. The van der Waals surface area contributed by atoms with E-state index in [2.05, 4.69) is 0 Å². The molecule has 0 spiro atoms. The average molecular weight is 331 g/mol. The Hall–Kier alpha value is -2.89. The molecule has 0 aromatic heterocycles. The van der Waals surface area contributed by atoms with Gasteiger partial charge in [-0.3, -0.25) is 0 Å². The highest BCUT2D eigenvalue weighted by atomic mass is 19.1. The summed E-state index contributed by atoms with van der Waals surface area (Å²) >= 11 is 0. The summed E-state index contributed by atoms with van der Waals surface area (Å²) in [5.41, 5.74) is 6.06. The van der Waals surface area contributed by atoms with E-state index >= 15 is 0 Å². The molecule has 126 valence electrons. The third-order valence-electron chi connectivity index (χ3n) is 3.24. The van der Waals surface area contributed by atoms with Crippen LogP contribution in [0.25, 0.3) is 11.1 Å². The Balaban J connectivity index is 2.46. The minimum absolute atomic E-state index is 0.147. The van der Waals surface area contributed by atoms with Gasteiger partial charge in [0.25, 0.3) is 0 Å². The smallest absolute Gasteiger partial charge is 0.340 e. The van der Waals surface area contributed by atoms with Crippen LogP contribution in [-0.2, 0) is 4.74 Å². The fourth-order valence-corrected chi connectivity index (χ4v) is 2.18. The van der Waals surface area contributed by atoms with Gasteiger partial charge in [-0.05, 0) is 44.5 Å². The molecule has 0 atom stereocenters. The second kappa shape index (κ2) is 6.31. The SMILES string of the molecule is CC(C)(C)OC(=O)c1cccc(-c2ccc(C(=O)O)c(F)c2)c1N. The summed E-state index contributed by atoms with van der Waals surface area (Å²) in [7, 11) is 0. The van der Waals surface area contributed by atoms with E-state index in [0.29, 0.717) is 11.1 Å². The number of esters is 1. The summed E-state index contributed by atoms with van der Waals surface area (Å²) in [4.78, 5) is 23.1. The van der Waals surface area contributed by atoms with Gasteiger partial charge in [0.15, 0.2) is 0 Å². The predicted molar refractivity (Wildman–Crippen MR) is 88.4 cm³/mol. The Morgan fingerprint density at radius 1 is 1.12 bits per heavy atom. The molecular weight excluding hydrogens is 313 g/mol. The Bertz CT molecular complexity index is 809. The summed E-state index contributed by atoms with van der Waals surface area (Å²) in [6.45, 7) is 5.22. The maximum Gasteiger partial charge on any atom is 0.340 e. The number of anilines is 1. The van der Waals surface area contributed by atoms with Gasteiger partial charge < -0.3 is 15.6 Å². The van der Waals surface area contributed by atoms with Crippen LogP contribution in [0.15, 0.2) is 36.4 Å². The number of hydrogen-bond acceptors (Lipinski definition) is 4. The summed E-state index contributed by atoms with van der Waals surface area (Å²) in [6.07, 6.45) is 0. The van der Waals surface area contributed by atoms with Crippen molar-refractivity contribution in [1.29, 1.82) is 0 Å². The topological polar surface area (TPSA) is 89.6 Å². The minimum Gasteiger partial charge on any atom is -0.478 e. The van der Waals surface area contributed by atoms with E-state index in [4.69, 9.17) is 15.6 Å². The van der Waals surface area contributed by atoms with Crippen LogP contribution in [-0.4, -0.2) is 22.6 Å². The van der Waals surface area contributed by atoms with Crippen LogP contribution in [0.3, 0.4) is 0 Å². The van der Waals surface area contributed by atoms with Crippen molar-refractivity contribution in [3.63, 3.8) is 0 Å². The van der Waals surface area contributed by atoms with Gasteiger partial charge in [0.2, 0.25) is 0 Å². The molecule has 3 N–H and O–H groups in total. The zero-order chi connectivity index (χ0) is 18.1. The van der Waals surface area contributed by atoms with Crippen molar-refractivity contribution in [2.45, 2.75) is 26.4 Å². The lowest BCUT2D eigenvalue weighted by Crippen LogP contribution is -2.24. The lowest BCUT2D eigenvalue weighted by Gasteiger charge is -2.20. The average Bonchev–Trinajstić information content (AvgIpc) is 2.45. The molecule has 2 aromatic rings. The van der Waals surface area contributed by atoms with Crippen molar-refractivity contribution in [3.8, 4) is 11.1 Å². The number of hydrogen-bond donors (Lipinski definition) is 2. The van der Waals surface area contributed by atoms with Crippen LogP contribution < -0.4 is 5.73 Å². The van der Waals surface area contributed by atoms with E-state index in [9.17, 15) is 14.0 Å². The molecule has 0 saturated heterocycles. The quantitative estimate of drug-likeness (QED) is 0.661. The summed E-state index contributed by atoms with van der Waals surface area (Å²) in [6, 6.07) is 8.43. The molecule has 0 radical (unpaired) electrons. The Morgan fingerprint density at radius 3 is 2.33 bits per heavy atom. The Kier molecular flexibility index (Phi) is 4.59. The first-order valence-electron chi connectivity index (χ1n) is 7.25. The molecule has 0 unspecified atom stereocenters. The van der Waals surface area contributed by atoms with Crippen LogP contribution in [0, 0.1) is 5.82 Å². The first-order chi connectivity index (χ1) is 11.1. The third kappa shape index (κ3) is 3.71. The summed E-state index contributed by atoms with van der Waals surface area (Å²) < 4.78 is 19.2. The van der Waals surface area contributed by atoms with Crippen molar-refractivity contribution in [2.24, 2.45) is 0 Å². The molecule has 0 heterocycles. The molecule has 24 heavy (non-hydrogen) atoms. The van der Waals surface area contributed by atoms with Crippen molar-refractivity contribution in [2.75, 3.05) is 5.73 Å². The van der Waals surface area contributed by atoms with Crippen LogP contribution >= 0.6 is 0 Å². The van der Waals surface area contributed by atoms with E-state index in [0.717, 1.165) is 12.1 Å². The van der Waals surface area contributed by atoms with E-state index in [1.165, 1.54) is 12.1 Å². The second-order valence-electron chi connectivity index (χ2n) is 6.27. The number of carboxylic acid groups (broad SMARTS) is 1. The maximum atomic E-state index is 13.9. The van der Waals surface area contributed by atoms with Crippen molar-refractivity contribution in [3.05, 3.63) is 53.3 Å². The first-order valence-corrected chi connectivity index (χ1v) is 7.25. The number of carbonyl (C=O) groups excluding carboxylic acids is 1.